The maximum Gasteiger partial charge on any atom is 0.223 e. The minimum atomic E-state index is 0.157. The van der Waals surface area contributed by atoms with E-state index in [9.17, 15) is 0 Å². The van der Waals surface area contributed by atoms with Crippen molar-refractivity contribution in [3.8, 4) is 0 Å². The van der Waals surface area contributed by atoms with Gasteiger partial charge in [-0.15, -0.1) is 0 Å². The molecule has 1 atom stereocenters. The van der Waals surface area contributed by atoms with Crippen LogP contribution in [0.4, 0.5) is 0 Å². The number of aryl methyl sites for hydroxylation is 2. The molecule has 6 nitrogen and oxygen atoms in total. The van der Waals surface area contributed by atoms with Gasteiger partial charge in [0, 0.05) is 14.0 Å². The highest BCUT2D eigenvalue weighted by Crippen LogP contribution is 2.13. The van der Waals surface area contributed by atoms with Gasteiger partial charge in [-0.2, -0.15) is 4.98 Å². The van der Waals surface area contributed by atoms with Gasteiger partial charge >= 0.3 is 0 Å². The number of aromatic nitrogens is 2. The lowest BCUT2D eigenvalue weighted by Gasteiger charge is -2.18. The molecular weight excluding hydrogens is 278 g/mol. The molecule has 0 amide bonds. The second-order valence-electron chi connectivity index (χ2n) is 5.12. The van der Waals surface area contributed by atoms with Crippen LogP contribution >= 0.6 is 0 Å². The Balaban J connectivity index is 1.91. The summed E-state index contributed by atoms with van der Waals surface area (Å²) in [5.41, 5.74) is 2.56. The zero-order valence-corrected chi connectivity index (χ0v) is 13.6. The minimum absolute atomic E-state index is 0.157. The molecule has 0 saturated heterocycles. The lowest BCUT2D eigenvalue weighted by molar-refractivity contribution is 0.386. The highest BCUT2D eigenvalue weighted by Gasteiger charge is 2.09. The van der Waals surface area contributed by atoms with Crippen LogP contribution in [0.3, 0.4) is 0 Å². The van der Waals surface area contributed by atoms with Gasteiger partial charge in [-0.05, 0) is 24.5 Å². The van der Waals surface area contributed by atoms with Crippen molar-refractivity contribution in [3.05, 3.63) is 47.1 Å². The third kappa shape index (κ3) is 4.31. The van der Waals surface area contributed by atoms with E-state index in [1.165, 1.54) is 11.1 Å². The van der Waals surface area contributed by atoms with Gasteiger partial charge in [-0.3, -0.25) is 4.99 Å². The maximum absolute atomic E-state index is 4.94. The molecule has 2 rings (SSSR count). The fraction of sp³-hybridized carbons (Fsp3) is 0.438. The van der Waals surface area contributed by atoms with Crippen LogP contribution in [-0.2, 0) is 13.0 Å². The molecular formula is C16H23N5O. The second-order valence-corrected chi connectivity index (χ2v) is 5.12. The second kappa shape index (κ2) is 7.59. The standard InChI is InChI=1S/C16H23N5O/c1-5-13-6-8-14(9-7-13)11(2)19-16(17-4)18-10-15-20-12(3)22-21-15/h6-9,11H,5,10H2,1-4H3,(H2,17,18,19). The zero-order valence-electron chi connectivity index (χ0n) is 13.6. The van der Waals surface area contributed by atoms with Gasteiger partial charge in [0.25, 0.3) is 0 Å². The zero-order chi connectivity index (χ0) is 15.9. The van der Waals surface area contributed by atoms with Gasteiger partial charge in [-0.1, -0.05) is 36.3 Å². The van der Waals surface area contributed by atoms with Crippen LogP contribution in [0.25, 0.3) is 0 Å². The average molecular weight is 301 g/mol. The number of hydrogen-bond acceptors (Lipinski definition) is 4. The summed E-state index contributed by atoms with van der Waals surface area (Å²) in [6.45, 7) is 6.50. The monoisotopic (exact) mass is 301 g/mol. The lowest BCUT2D eigenvalue weighted by atomic mass is 10.1. The molecule has 0 radical (unpaired) electrons. The molecule has 0 aliphatic rings. The van der Waals surface area contributed by atoms with Crippen molar-refractivity contribution >= 4 is 5.96 Å². The van der Waals surface area contributed by atoms with E-state index in [0.717, 1.165) is 6.42 Å². The van der Waals surface area contributed by atoms with E-state index in [2.05, 4.69) is 63.9 Å². The van der Waals surface area contributed by atoms with Crippen molar-refractivity contribution in [3.63, 3.8) is 0 Å². The average Bonchev–Trinajstić information content (AvgIpc) is 2.96. The van der Waals surface area contributed by atoms with Crippen molar-refractivity contribution in [1.29, 1.82) is 0 Å². The highest BCUT2D eigenvalue weighted by atomic mass is 16.5. The smallest absolute Gasteiger partial charge is 0.223 e. The number of nitrogens with zero attached hydrogens (tertiary/aromatic N) is 3. The molecule has 2 aromatic rings. The van der Waals surface area contributed by atoms with Gasteiger partial charge in [0.15, 0.2) is 11.8 Å². The van der Waals surface area contributed by atoms with Gasteiger partial charge in [0.05, 0.1) is 12.6 Å². The van der Waals surface area contributed by atoms with Gasteiger partial charge < -0.3 is 15.2 Å². The fourth-order valence-corrected chi connectivity index (χ4v) is 2.10. The van der Waals surface area contributed by atoms with Crippen LogP contribution in [0.15, 0.2) is 33.8 Å². The Morgan fingerprint density at radius 2 is 2.05 bits per heavy atom. The summed E-state index contributed by atoms with van der Waals surface area (Å²) in [4.78, 5) is 8.37. The summed E-state index contributed by atoms with van der Waals surface area (Å²) in [6, 6.07) is 8.76. The van der Waals surface area contributed by atoms with Gasteiger partial charge in [-0.25, -0.2) is 0 Å². The van der Waals surface area contributed by atoms with E-state index < -0.39 is 0 Å². The topological polar surface area (TPSA) is 75.3 Å². The van der Waals surface area contributed by atoms with E-state index in [-0.39, 0.29) is 6.04 Å². The number of hydrogen-bond donors (Lipinski definition) is 2. The molecule has 1 aromatic heterocycles. The van der Waals surface area contributed by atoms with Crippen molar-refractivity contribution in [2.75, 3.05) is 7.05 Å². The summed E-state index contributed by atoms with van der Waals surface area (Å²) in [5.74, 6) is 1.87. The molecule has 0 aliphatic heterocycles. The molecule has 0 bridgehead atoms. The first-order valence-electron chi connectivity index (χ1n) is 7.47. The molecule has 0 saturated carbocycles. The Kier molecular flexibility index (Phi) is 5.52. The molecule has 118 valence electrons. The predicted molar refractivity (Wildman–Crippen MR) is 86.6 cm³/mol. The van der Waals surface area contributed by atoms with Crippen molar-refractivity contribution in [2.45, 2.75) is 39.8 Å². The predicted octanol–water partition coefficient (Wildman–Crippen LogP) is 2.37. The Labute approximate surface area is 131 Å². The number of nitrogens with one attached hydrogen (secondary N) is 2. The fourth-order valence-electron chi connectivity index (χ4n) is 2.10. The summed E-state index contributed by atoms with van der Waals surface area (Å²) in [7, 11) is 1.74. The minimum Gasteiger partial charge on any atom is -0.350 e. The molecule has 0 fully saturated rings. The molecule has 0 spiro atoms. The third-order valence-electron chi connectivity index (χ3n) is 3.45. The first kappa shape index (κ1) is 16.0. The van der Waals surface area contributed by atoms with Crippen molar-refractivity contribution in [1.82, 2.24) is 20.8 Å². The largest absolute Gasteiger partial charge is 0.350 e. The lowest BCUT2D eigenvalue weighted by Crippen LogP contribution is -2.38. The summed E-state index contributed by atoms with van der Waals surface area (Å²) in [6.07, 6.45) is 1.05. The Bertz CT molecular complexity index is 618. The van der Waals surface area contributed by atoms with E-state index in [0.29, 0.717) is 24.2 Å². The van der Waals surface area contributed by atoms with Crippen molar-refractivity contribution < 1.29 is 4.52 Å². The summed E-state index contributed by atoms with van der Waals surface area (Å²) < 4.78 is 4.94. The van der Waals surface area contributed by atoms with Crippen LogP contribution < -0.4 is 10.6 Å². The van der Waals surface area contributed by atoms with Gasteiger partial charge in [0.1, 0.15) is 0 Å². The Morgan fingerprint density at radius 1 is 1.32 bits per heavy atom. The Morgan fingerprint density at radius 3 is 2.59 bits per heavy atom. The van der Waals surface area contributed by atoms with Crippen molar-refractivity contribution in [2.24, 2.45) is 4.99 Å². The van der Waals surface area contributed by atoms with Crippen LogP contribution in [0.5, 0.6) is 0 Å². The number of benzene rings is 1. The first-order valence-corrected chi connectivity index (χ1v) is 7.47. The van der Waals surface area contributed by atoms with E-state index in [4.69, 9.17) is 4.52 Å². The molecule has 1 unspecified atom stereocenters. The van der Waals surface area contributed by atoms with E-state index >= 15 is 0 Å². The van der Waals surface area contributed by atoms with Gasteiger partial charge in [0.2, 0.25) is 5.89 Å². The maximum atomic E-state index is 4.94. The SMILES string of the molecule is CCc1ccc(C(C)NC(=NC)NCc2noc(C)n2)cc1. The first-order chi connectivity index (χ1) is 10.6. The molecule has 2 N–H and O–H groups in total. The van der Waals surface area contributed by atoms with Crippen LogP contribution in [0.1, 0.15) is 42.7 Å². The normalized spacial score (nSPS) is 13.0. The molecule has 1 aromatic carbocycles. The van der Waals surface area contributed by atoms with Crippen LogP contribution in [0.2, 0.25) is 0 Å². The number of aliphatic imine (C=N–C) groups is 1. The quantitative estimate of drug-likeness (QED) is 0.655. The molecule has 22 heavy (non-hydrogen) atoms. The summed E-state index contributed by atoms with van der Waals surface area (Å²) in [5, 5.41) is 10.4. The van der Waals surface area contributed by atoms with Crippen LogP contribution in [0, 0.1) is 6.92 Å². The Hall–Kier alpha value is -2.37. The van der Waals surface area contributed by atoms with E-state index in [1.54, 1.807) is 14.0 Å². The van der Waals surface area contributed by atoms with E-state index in [1.807, 2.05) is 0 Å². The third-order valence-corrected chi connectivity index (χ3v) is 3.45. The number of rotatable bonds is 5. The molecule has 0 aliphatic carbocycles. The molecule has 1 heterocycles. The number of guanidine groups is 1. The summed E-state index contributed by atoms with van der Waals surface area (Å²) >= 11 is 0. The highest BCUT2D eigenvalue weighted by molar-refractivity contribution is 5.80. The van der Waals surface area contributed by atoms with Crippen LogP contribution in [-0.4, -0.2) is 23.1 Å². The molecule has 6 heteroatoms.